The molecule has 3 heteroatoms. The zero-order valence-electron chi connectivity index (χ0n) is 11.0. The van der Waals surface area contributed by atoms with Crippen LogP contribution in [0.5, 0.6) is 0 Å². The van der Waals surface area contributed by atoms with Crippen LogP contribution in [0.15, 0.2) is 12.1 Å². The first-order valence-electron chi connectivity index (χ1n) is 6.77. The SMILES string of the molecule is CCc1ccc(C(CN)N2CCC(C)CC2)s1. The minimum Gasteiger partial charge on any atom is -0.329 e. The predicted molar refractivity (Wildman–Crippen MR) is 75.5 cm³/mol. The summed E-state index contributed by atoms with van der Waals surface area (Å²) in [5.74, 6) is 0.888. The van der Waals surface area contributed by atoms with E-state index in [0.717, 1.165) is 18.9 Å². The van der Waals surface area contributed by atoms with Gasteiger partial charge in [0.2, 0.25) is 0 Å². The van der Waals surface area contributed by atoms with E-state index >= 15 is 0 Å². The van der Waals surface area contributed by atoms with Crippen molar-refractivity contribution in [1.82, 2.24) is 4.90 Å². The van der Waals surface area contributed by atoms with Crippen molar-refractivity contribution < 1.29 is 0 Å². The molecule has 0 aliphatic carbocycles. The molecule has 1 aromatic rings. The number of likely N-dealkylation sites (tertiary alicyclic amines) is 1. The monoisotopic (exact) mass is 252 g/mol. The summed E-state index contributed by atoms with van der Waals surface area (Å²) in [7, 11) is 0. The molecule has 0 saturated carbocycles. The first-order chi connectivity index (χ1) is 8.24. The lowest BCUT2D eigenvalue weighted by Crippen LogP contribution is -2.39. The molecule has 96 valence electrons. The summed E-state index contributed by atoms with van der Waals surface area (Å²) in [6, 6.07) is 4.99. The molecule has 2 rings (SSSR count). The average molecular weight is 252 g/mol. The Balaban J connectivity index is 2.05. The zero-order chi connectivity index (χ0) is 12.3. The molecular formula is C14H24N2S. The van der Waals surface area contributed by atoms with E-state index in [1.807, 2.05) is 11.3 Å². The van der Waals surface area contributed by atoms with Gasteiger partial charge >= 0.3 is 0 Å². The number of piperidine rings is 1. The molecule has 0 spiro atoms. The molecule has 1 aliphatic heterocycles. The third kappa shape index (κ3) is 3.09. The second-order valence-electron chi connectivity index (χ2n) is 5.13. The van der Waals surface area contributed by atoms with E-state index in [4.69, 9.17) is 5.73 Å². The van der Waals surface area contributed by atoms with Crippen molar-refractivity contribution in [2.24, 2.45) is 11.7 Å². The van der Waals surface area contributed by atoms with Crippen LogP contribution in [0, 0.1) is 5.92 Å². The van der Waals surface area contributed by atoms with Crippen LogP contribution >= 0.6 is 11.3 Å². The van der Waals surface area contributed by atoms with Crippen LogP contribution in [0.4, 0.5) is 0 Å². The fourth-order valence-corrected chi connectivity index (χ4v) is 3.65. The van der Waals surface area contributed by atoms with E-state index in [9.17, 15) is 0 Å². The standard InChI is InChI=1S/C14H24N2S/c1-3-12-4-5-14(17-12)13(10-15)16-8-6-11(2)7-9-16/h4-5,11,13H,3,6-10,15H2,1-2H3. The smallest absolute Gasteiger partial charge is 0.0564 e. The number of rotatable bonds is 4. The van der Waals surface area contributed by atoms with Crippen molar-refractivity contribution in [2.45, 2.75) is 39.2 Å². The van der Waals surface area contributed by atoms with Crippen LogP contribution in [0.1, 0.15) is 42.5 Å². The molecular weight excluding hydrogens is 228 g/mol. The number of nitrogens with two attached hydrogens (primary N) is 1. The van der Waals surface area contributed by atoms with E-state index in [0.29, 0.717) is 6.04 Å². The van der Waals surface area contributed by atoms with Crippen molar-refractivity contribution in [3.63, 3.8) is 0 Å². The van der Waals surface area contributed by atoms with Gasteiger partial charge in [0.15, 0.2) is 0 Å². The van der Waals surface area contributed by atoms with E-state index in [2.05, 4.69) is 30.9 Å². The number of aryl methyl sites for hydroxylation is 1. The first-order valence-corrected chi connectivity index (χ1v) is 7.59. The second-order valence-corrected chi connectivity index (χ2v) is 6.33. The molecule has 1 unspecified atom stereocenters. The van der Waals surface area contributed by atoms with Crippen LogP contribution < -0.4 is 5.73 Å². The van der Waals surface area contributed by atoms with Crippen LogP contribution in [-0.2, 0) is 6.42 Å². The molecule has 1 aliphatic rings. The van der Waals surface area contributed by atoms with Gasteiger partial charge in [0.25, 0.3) is 0 Å². The van der Waals surface area contributed by atoms with Gasteiger partial charge in [0, 0.05) is 16.3 Å². The Bertz CT molecular complexity index is 340. The largest absolute Gasteiger partial charge is 0.329 e. The van der Waals surface area contributed by atoms with Gasteiger partial charge in [-0.1, -0.05) is 13.8 Å². The lowest BCUT2D eigenvalue weighted by molar-refractivity contribution is 0.143. The average Bonchev–Trinajstić information content (AvgIpc) is 2.81. The molecule has 0 amide bonds. The Kier molecular flexibility index (Phi) is 4.60. The van der Waals surface area contributed by atoms with Crippen molar-refractivity contribution in [2.75, 3.05) is 19.6 Å². The molecule has 1 atom stereocenters. The van der Waals surface area contributed by atoms with Crippen molar-refractivity contribution in [3.8, 4) is 0 Å². The first kappa shape index (κ1) is 13.1. The van der Waals surface area contributed by atoms with Crippen molar-refractivity contribution >= 4 is 11.3 Å². The Morgan fingerprint density at radius 2 is 2.12 bits per heavy atom. The number of nitrogens with zero attached hydrogens (tertiary/aromatic N) is 1. The second kappa shape index (κ2) is 5.98. The molecule has 0 aromatic carbocycles. The highest BCUT2D eigenvalue weighted by atomic mass is 32.1. The lowest BCUT2D eigenvalue weighted by Gasteiger charge is -2.35. The van der Waals surface area contributed by atoms with Gasteiger partial charge in [0.05, 0.1) is 6.04 Å². The Hall–Kier alpha value is -0.380. The summed E-state index contributed by atoms with van der Waals surface area (Å²) in [5.41, 5.74) is 5.99. The van der Waals surface area contributed by atoms with Gasteiger partial charge in [-0.25, -0.2) is 0 Å². The third-order valence-corrected chi connectivity index (χ3v) is 5.17. The van der Waals surface area contributed by atoms with Crippen LogP contribution in [0.25, 0.3) is 0 Å². The maximum atomic E-state index is 5.99. The summed E-state index contributed by atoms with van der Waals surface area (Å²) >= 11 is 1.94. The summed E-state index contributed by atoms with van der Waals surface area (Å²) in [5, 5.41) is 0. The predicted octanol–water partition coefficient (Wildman–Crippen LogP) is 3.04. The molecule has 0 radical (unpaired) electrons. The Morgan fingerprint density at radius 1 is 1.41 bits per heavy atom. The minimum atomic E-state index is 0.452. The highest BCUT2D eigenvalue weighted by Gasteiger charge is 2.24. The maximum Gasteiger partial charge on any atom is 0.0564 e. The quantitative estimate of drug-likeness (QED) is 0.892. The molecule has 1 fully saturated rings. The molecule has 17 heavy (non-hydrogen) atoms. The zero-order valence-corrected chi connectivity index (χ0v) is 11.8. The molecule has 2 nitrogen and oxygen atoms in total. The summed E-state index contributed by atoms with van der Waals surface area (Å²) in [6.45, 7) is 7.74. The minimum absolute atomic E-state index is 0.452. The van der Waals surface area contributed by atoms with Crippen LogP contribution in [-0.4, -0.2) is 24.5 Å². The Morgan fingerprint density at radius 3 is 2.65 bits per heavy atom. The highest BCUT2D eigenvalue weighted by molar-refractivity contribution is 7.12. The number of hydrogen-bond acceptors (Lipinski definition) is 3. The van der Waals surface area contributed by atoms with Gasteiger partial charge in [-0.05, 0) is 50.4 Å². The molecule has 2 N–H and O–H groups in total. The van der Waals surface area contributed by atoms with Crippen LogP contribution in [0.3, 0.4) is 0 Å². The van der Waals surface area contributed by atoms with E-state index in [-0.39, 0.29) is 0 Å². The summed E-state index contributed by atoms with van der Waals surface area (Å²) in [6.07, 6.45) is 3.78. The number of hydrogen-bond donors (Lipinski definition) is 1. The van der Waals surface area contributed by atoms with Crippen LogP contribution in [0.2, 0.25) is 0 Å². The van der Waals surface area contributed by atoms with Gasteiger partial charge < -0.3 is 5.73 Å². The van der Waals surface area contributed by atoms with Crippen molar-refractivity contribution in [1.29, 1.82) is 0 Å². The molecule has 1 aromatic heterocycles. The van der Waals surface area contributed by atoms with Gasteiger partial charge in [-0.15, -0.1) is 11.3 Å². The van der Waals surface area contributed by atoms with E-state index < -0.39 is 0 Å². The topological polar surface area (TPSA) is 29.3 Å². The van der Waals surface area contributed by atoms with E-state index in [1.54, 1.807) is 0 Å². The van der Waals surface area contributed by atoms with Gasteiger partial charge in [-0.2, -0.15) is 0 Å². The normalized spacial score (nSPS) is 20.6. The highest BCUT2D eigenvalue weighted by Crippen LogP contribution is 2.30. The van der Waals surface area contributed by atoms with Gasteiger partial charge in [0.1, 0.15) is 0 Å². The fourth-order valence-electron chi connectivity index (χ4n) is 2.55. The third-order valence-electron chi connectivity index (χ3n) is 3.84. The number of thiophene rings is 1. The maximum absolute atomic E-state index is 5.99. The Labute approximate surface area is 109 Å². The summed E-state index contributed by atoms with van der Waals surface area (Å²) in [4.78, 5) is 5.51. The van der Waals surface area contributed by atoms with E-state index in [1.165, 1.54) is 35.7 Å². The molecule has 0 bridgehead atoms. The van der Waals surface area contributed by atoms with Gasteiger partial charge in [-0.3, -0.25) is 4.90 Å². The fraction of sp³-hybridized carbons (Fsp3) is 0.714. The molecule has 2 heterocycles. The van der Waals surface area contributed by atoms with Crippen molar-refractivity contribution in [3.05, 3.63) is 21.9 Å². The lowest BCUT2D eigenvalue weighted by atomic mass is 9.97. The summed E-state index contributed by atoms with van der Waals surface area (Å²) < 4.78 is 0. The molecule has 1 saturated heterocycles.